The van der Waals surface area contributed by atoms with Crippen LogP contribution in [0.5, 0.6) is 0 Å². The zero-order valence-corrected chi connectivity index (χ0v) is 23.4. The van der Waals surface area contributed by atoms with Gasteiger partial charge in [-0.2, -0.15) is 0 Å². The molecule has 0 amide bonds. The SMILES string of the molecule is Fc1ccc(C(CCCN2CCC(Cc3nc4cccnc4n3Cc3cccs3)CC2)c2ccc(F)cc2)cc1. The Labute approximate surface area is 238 Å². The molecule has 0 aliphatic carbocycles. The Bertz CT molecular complexity index is 1460. The summed E-state index contributed by atoms with van der Waals surface area (Å²) in [5, 5.41) is 2.12. The van der Waals surface area contributed by atoms with Crippen LogP contribution in [0.4, 0.5) is 8.78 Å². The maximum absolute atomic E-state index is 13.6. The second-order valence-electron chi connectivity index (χ2n) is 10.8. The molecule has 0 spiro atoms. The largest absolute Gasteiger partial charge is 0.307 e. The highest BCUT2D eigenvalue weighted by molar-refractivity contribution is 7.09. The fourth-order valence-electron chi connectivity index (χ4n) is 5.99. The second kappa shape index (κ2) is 12.4. The maximum Gasteiger partial charge on any atom is 0.160 e. The minimum atomic E-state index is -0.233. The van der Waals surface area contributed by atoms with Gasteiger partial charge in [0.15, 0.2) is 5.65 Å². The van der Waals surface area contributed by atoms with Gasteiger partial charge in [-0.3, -0.25) is 0 Å². The Morgan fingerprint density at radius 2 is 1.57 bits per heavy atom. The molecule has 2 aromatic carbocycles. The van der Waals surface area contributed by atoms with Gasteiger partial charge in [0.1, 0.15) is 23.0 Å². The zero-order chi connectivity index (χ0) is 27.3. The topological polar surface area (TPSA) is 34.0 Å². The molecule has 0 saturated carbocycles. The van der Waals surface area contributed by atoms with E-state index in [-0.39, 0.29) is 17.6 Å². The number of fused-ring (bicyclic) bond motifs is 1. The number of piperidine rings is 1. The molecule has 3 aromatic heterocycles. The molecule has 1 aliphatic rings. The summed E-state index contributed by atoms with van der Waals surface area (Å²) in [5.74, 6) is 1.41. The summed E-state index contributed by atoms with van der Waals surface area (Å²) in [5.41, 5.74) is 4.10. The third kappa shape index (κ3) is 6.31. The minimum Gasteiger partial charge on any atom is -0.307 e. The summed E-state index contributed by atoms with van der Waals surface area (Å²) in [6.07, 6.45) is 7.13. The Kier molecular flexibility index (Phi) is 8.30. The van der Waals surface area contributed by atoms with Crippen molar-refractivity contribution < 1.29 is 8.78 Å². The number of hydrogen-bond acceptors (Lipinski definition) is 4. The van der Waals surface area contributed by atoms with E-state index in [1.54, 1.807) is 11.3 Å². The molecule has 206 valence electrons. The number of thiophene rings is 1. The lowest BCUT2D eigenvalue weighted by atomic mass is 9.87. The first-order valence-corrected chi connectivity index (χ1v) is 15.1. The summed E-state index contributed by atoms with van der Waals surface area (Å²) in [6, 6.07) is 21.8. The fraction of sp³-hybridized carbons (Fsp3) is 0.333. The van der Waals surface area contributed by atoms with Gasteiger partial charge in [-0.25, -0.2) is 18.7 Å². The Hall–Kier alpha value is -3.42. The van der Waals surface area contributed by atoms with Gasteiger partial charge in [-0.15, -0.1) is 11.3 Å². The van der Waals surface area contributed by atoms with Crippen LogP contribution in [-0.4, -0.2) is 39.1 Å². The number of aromatic nitrogens is 3. The number of nitrogens with zero attached hydrogens (tertiary/aromatic N) is 4. The van der Waals surface area contributed by atoms with Crippen molar-refractivity contribution in [1.82, 2.24) is 19.4 Å². The first-order valence-electron chi connectivity index (χ1n) is 14.2. The average molecular weight is 557 g/mol. The molecule has 5 aromatic rings. The Balaban J connectivity index is 1.05. The van der Waals surface area contributed by atoms with E-state index in [0.29, 0.717) is 5.92 Å². The lowest BCUT2D eigenvalue weighted by Gasteiger charge is -2.32. The molecule has 0 N–H and O–H groups in total. The number of pyridine rings is 1. The van der Waals surface area contributed by atoms with Gasteiger partial charge >= 0.3 is 0 Å². The van der Waals surface area contributed by atoms with Crippen LogP contribution in [0, 0.1) is 17.6 Å². The van der Waals surface area contributed by atoms with Crippen LogP contribution in [-0.2, 0) is 13.0 Å². The van der Waals surface area contributed by atoms with E-state index in [1.807, 2.05) is 36.5 Å². The van der Waals surface area contributed by atoms with Crippen LogP contribution in [0.1, 0.15) is 53.4 Å². The fourth-order valence-corrected chi connectivity index (χ4v) is 6.69. The quantitative estimate of drug-likeness (QED) is 0.177. The average Bonchev–Trinajstić information content (AvgIpc) is 3.62. The minimum absolute atomic E-state index is 0.128. The van der Waals surface area contributed by atoms with E-state index in [9.17, 15) is 8.78 Å². The van der Waals surface area contributed by atoms with Gasteiger partial charge in [-0.1, -0.05) is 30.3 Å². The number of halogens is 2. The lowest BCUT2D eigenvalue weighted by molar-refractivity contribution is 0.179. The predicted octanol–water partition coefficient (Wildman–Crippen LogP) is 7.69. The van der Waals surface area contributed by atoms with Crippen LogP contribution >= 0.6 is 11.3 Å². The van der Waals surface area contributed by atoms with Gasteiger partial charge in [0.05, 0.1) is 6.54 Å². The van der Waals surface area contributed by atoms with Crippen molar-refractivity contribution in [1.29, 1.82) is 0 Å². The standard InChI is InChI=1S/C33H34F2N4S/c34-27-11-7-25(8-12-27)30(26-9-13-28(35)14-10-26)5-2-18-38-19-15-24(16-20-38)22-32-37-31-6-1-17-36-33(31)39(32)23-29-4-3-21-40-29/h1,3-4,6-14,17,21,24,30H,2,5,15-16,18-20,22-23H2. The summed E-state index contributed by atoms with van der Waals surface area (Å²) < 4.78 is 29.4. The number of imidazole rings is 1. The summed E-state index contributed by atoms with van der Waals surface area (Å²) in [7, 11) is 0. The van der Waals surface area contributed by atoms with Crippen molar-refractivity contribution in [3.63, 3.8) is 0 Å². The van der Waals surface area contributed by atoms with Crippen LogP contribution < -0.4 is 0 Å². The summed E-state index contributed by atoms with van der Waals surface area (Å²) in [4.78, 5) is 13.5. The van der Waals surface area contributed by atoms with Crippen molar-refractivity contribution in [3.8, 4) is 0 Å². The Morgan fingerprint density at radius 3 is 2.23 bits per heavy atom. The van der Waals surface area contributed by atoms with E-state index in [4.69, 9.17) is 4.98 Å². The molecule has 6 rings (SSSR count). The van der Waals surface area contributed by atoms with Crippen molar-refractivity contribution in [2.24, 2.45) is 5.92 Å². The number of rotatable bonds is 10. The molecule has 1 aliphatic heterocycles. The monoisotopic (exact) mass is 556 g/mol. The molecule has 1 saturated heterocycles. The van der Waals surface area contributed by atoms with Gasteiger partial charge in [-0.05, 0) is 110 Å². The second-order valence-corrected chi connectivity index (χ2v) is 11.9. The highest BCUT2D eigenvalue weighted by Gasteiger charge is 2.23. The van der Waals surface area contributed by atoms with Gasteiger partial charge in [0, 0.05) is 23.4 Å². The van der Waals surface area contributed by atoms with Crippen LogP contribution in [0.15, 0.2) is 84.4 Å². The third-order valence-corrected chi connectivity index (χ3v) is 9.03. The molecule has 0 atom stereocenters. The first-order chi connectivity index (χ1) is 19.6. The van der Waals surface area contributed by atoms with E-state index in [2.05, 4.69) is 38.0 Å². The van der Waals surface area contributed by atoms with Crippen molar-refractivity contribution in [2.75, 3.05) is 19.6 Å². The summed E-state index contributed by atoms with van der Waals surface area (Å²) in [6.45, 7) is 4.03. The normalized spacial score (nSPS) is 14.9. The van der Waals surface area contributed by atoms with Crippen LogP contribution in [0.3, 0.4) is 0 Å². The molecule has 4 nitrogen and oxygen atoms in total. The maximum atomic E-state index is 13.6. The van der Waals surface area contributed by atoms with Crippen molar-refractivity contribution in [3.05, 3.63) is 118 Å². The smallest absolute Gasteiger partial charge is 0.160 e. The highest BCUT2D eigenvalue weighted by atomic mass is 32.1. The number of hydrogen-bond donors (Lipinski definition) is 0. The van der Waals surface area contributed by atoms with E-state index in [1.165, 1.54) is 29.1 Å². The van der Waals surface area contributed by atoms with Gasteiger partial charge in [0.2, 0.25) is 0 Å². The molecule has 0 radical (unpaired) electrons. The zero-order valence-electron chi connectivity index (χ0n) is 22.6. The molecule has 40 heavy (non-hydrogen) atoms. The van der Waals surface area contributed by atoms with Crippen molar-refractivity contribution in [2.45, 2.75) is 44.6 Å². The lowest BCUT2D eigenvalue weighted by Crippen LogP contribution is -2.35. The molecule has 0 unspecified atom stereocenters. The molecule has 0 bridgehead atoms. The summed E-state index contributed by atoms with van der Waals surface area (Å²) >= 11 is 1.78. The highest BCUT2D eigenvalue weighted by Crippen LogP contribution is 2.31. The van der Waals surface area contributed by atoms with E-state index >= 15 is 0 Å². The van der Waals surface area contributed by atoms with Gasteiger partial charge in [0.25, 0.3) is 0 Å². The molecular weight excluding hydrogens is 522 g/mol. The molecule has 1 fully saturated rings. The molecule has 4 heterocycles. The predicted molar refractivity (Wildman–Crippen MR) is 158 cm³/mol. The Morgan fingerprint density at radius 1 is 0.875 bits per heavy atom. The van der Waals surface area contributed by atoms with Crippen LogP contribution in [0.25, 0.3) is 11.2 Å². The number of benzene rings is 2. The van der Waals surface area contributed by atoms with Crippen LogP contribution in [0.2, 0.25) is 0 Å². The molecule has 7 heteroatoms. The van der Waals surface area contributed by atoms with Crippen molar-refractivity contribution >= 4 is 22.5 Å². The number of likely N-dealkylation sites (tertiary alicyclic amines) is 1. The van der Waals surface area contributed by atoms with Gasteiger partial charge < -0.3 is 9.47 Å². The van der Waals surface area contributed by atoms with E-state index in [0.717, 1.165) is 86.4 Å². The third-order valence-electron chi connectivity index (χ3n) is 8.17. The van der Waals surface area contributed by atoms with E-state index < -0.39 is 0 Å². The molecular formula is C33H34F2N4S. The first kappa shape index (κ1) is 26.8.